The third-order valence-corrected chi connectivity index (χ3v) is 4.41. The normalized spacial score (nSPS) is 10.4. The van der Waals surface area contributed by atoms with Crippen LogP contribution in [0.5, 0.6) is 0 Å². The van der Waals surface area contributed by atoms with Gasteiger partial charge in [-0.25, -0.2) is 0 Å². The van der Waals surface area contributed by atoms with E-state index in [4.69, 9.17) is 0 Å². The summed E-state index contributed by atoms with van der Waals surface area (Å²) in [6.45, 7) is 2.11. The van der Waals surface area contributed by atoms with Gasteiger partial charge >= 0.3 is 0 Å². The molecule has 98 valence electrons. The summed E-state index contributed by atoms with van der Waals surface area (Å²) in [4.78, 5) is 13.2. The van der Waals surface area contributed by atoms with Gasteiger partial charge in [-0.2, -0.15) is 0 Å². The molecule has 0 aromatic heterocycles. The Balaban J connectivity index is 1.95. The maximum atomic E-state index is 12.1. The zero-order valence-electron chi connectivity index (χ0n) is 10.7. The molecule has 2 aromatic carbocycles. The van der Waals surface area contributed by atoms with E-state index >= 15 is 0 Å². The van der Waals surface area contributed by atoms with E-state index in [1.165, 1.54) is 5.56 Å². The van der Waals surface area contributed by atoms with Crippen LogP contribution in [0.4, 0.5) is 0 Å². The summed E-state index contributed by atoms with van der Waals surface area (Å²) in [7, 11) is 0. The Kier molecular flexibility index (Phi) is 5.23. The van der Waals surface area contributed by atoms with Gasteiger partial charge in [0, 0.05) is 14.9 Å². The molecule has 2 rings (SSSR count). The third-order valence-electron chi connectivity index (χ3n) is 2.87. The van der Waals surface area contributed by atoms with E-state index in [2.05, 4.69) is 22.9 Å². The van der Waals surface area contributed by atoms with Crippen LogP contribution in [0.25, 0.3) is 0 Å². The molecule has 0 amide bonds. The molecule has 0 bridgehead atoms. The lowest BCUT2D eigenvalue weighted by molar-refractivity contribution is 0.102. The summed E-state index contributed by atoms with van der Waals surface area (Å²) in [6.07, 6.45) is 1.00. The fraction of sp³-hybridized carbons (Fsp3) is 0.188. The number of aryl methyl sites for hydroxylation is 1. The van der Waals surface area contributed by atoms with Crippen LogP contribution < -0.4 is 0 Å². The minimum atomic E-state index is 0.176. The Morgan fingerprint density at radius 2 is 1.68 bits per heavy atom. The van der Waals surface area contributed by atoms with Crippen LogP contribution >= 0.6 is 27.7 Å². The molecule has 19 heavy (non-hydrogen) atoms. The number of benzene rings is 2. The summed E-state index contributed by atoms with van der Waals surface area (Å²) >= 11 is 4.97. The van der Waals surface area contributed by atoms with Crippen LogP contribution in [0.3, 0.4) is 0 Å². The first kappa shape index (κ1) is 14.4. The van der Waals surface area contributed by atoms with Crippen LogP contribution in [0.2, 0.25) is 0 Å². The molecule has 0 saturated heterocycles. The zero-order chi connectivity index (χ0) is 13.7. The van der Waals surface area contributed by atoms with Crippen LogP contribution in [-0.4, -0.2) is 11.5 Å². The number of carbonyl (C=O) groups excluding carboxylic acids is 1. The summed E-state index contributed by atoms with van der Waals surface area (Å²) in [6, 6.07) is 15.9. The standard InChI is InChI=1S/C16H15BrOS/c1-2-12-3-5-13(6-4-12)16(18)11-19-15-9-7-14(17)8-10-15/h3-10H,2,11H2,1H3. The number of carbonyl (C=O) groups is 1. The number of hydrogen-bond acceptors (Lipinski definition) is 2. The van der Waals surface area contributed by atoms with Crippen molar-refractivity contribution in [2.45, 2.75) is 18.2 Å². The molecule has 0 aliphatic rings. The molecular weight excluding hydrogens is 320 g/mol. The number of hydrogen-bond donors (Lipinski definition) is 0. The first-order chi connectivity index (χ1) is 9.19. The van der Waals surface area contributed by atoms with Gasteiger partial charge in [-0.15, -0.1) is 11.8 Å². The highest BCUT2D eigenvalue weighted by molar-refractivity contribution is 9.10. The summed E-state index contributed by atoms with van der Waals surface area (Å²) in [5.41, 5.74) is 2.05. The molecule has 0 N–H and O–H groups in total. The van der Waals surface area contributed by atoms with Gasteiger partial charge in [0.05, 0.1) is 5.75 Å². The number of rotatable bonds is 5. The van der Waals surface area contributed by atoms with Gasteiger partial charge in [0.1, 0.15) is 0 Å². The molecule has 3 heteroatoms. The van der Waals surface area contributed by atoms with Gasteiger partial charge in [0.25, 0.3) is 0 Å². The van der Waals surface area contributed by atoms with Crippen molar-refractivity contribution in [3.8, 4) is 0 Å². The van der Waals surface area contributed by atoms with Gasteiger partial charge in [-0.1, -0.05) is 47.1 Å². The minimum Gasteiger partial charge on any atom is -0.293 e. The van der Waals surface area contributed by atoms with Gasteiger partial charge < -0.3 is 0 Å². The second-order valence-electron chi connectivity index (χ2n) is 4.22. The van der Waals surface area contributed by atoms with E-state index in [-0.39, 0.29) is 5.78 Å². The van der Waals surface area contributed by atoms with E-state index in [9.17, 15) is 4.79 Å². The van der Waals surface area contributed by atoms with Crippen LogP contribution in [0, 0.1) is 0 Å². The highest BCUT2D eigenvalue weighted by Gasteiger charge is 2.06. The second-order valence-corrected chi connectivity index (χ2v) is 6.18. The minimum absolute atomic E-state index is 0.176. The maximum absolute atomic E-state index is 12.1. The Labute approximate surface area is 126 Å². The predicted molar refractivity (Wildman–Crippen MR) is 85.0 cm³/mol. The number of ketones is 1. The van der Waals surface area contributed by atoms with Gasteiger partial charge in [-0.05, 0) is 36.2 Å². The Bertz CT molecular complexity index is 546. The SMILES string of the molecule is CCc1ccc(C(=O)CSc2ccc(Br)cc2)cc1. The summed E-state index contributed by atoms with van der Waals surface area (Å²) in [5.74, 6) is 0.656. The quantitative estimate of drug-likeness (QED) is 0.566. The van der Waals surface area contributed by atoms with Crippen molar-refractivity contribution in [2.24, 2.45) is 0 Å². The fourth-order valence-corrected chi connectivity index (χ4v) is 2.75. The van der Waals surface area contributed by atoms with Crippen molar-refractivity contribution >= 4 is 33.5 Å². The molecule has 0 radical (unpaired) electrons. The molecule has 0 saturated carbocycles. The molecule has 0 atom stereocenters. The topological polar surface area (TPSA) is 17.1 Å². The number of Topliss-reactive ketones (excluding diaryl/α,β-unsaturated/α-hetero) is 1. The maximum Gasteiger partial charge on any atom is 0.173 e. The predicted octanol–water partition coefficient (Wildman–Crippen LogP) is 4.99. The van der Waals surface area contributed by atoms with Crippen molar-refractivity contribution < 1.29 is 4.79 Å². The van der Waals surface area contributed by atoms with Gasteiger partial charge in [-0.3, -0.25) is 4.79 Å². The Morgan fingerprint density at radius 3 is 2.26 bits per heavy atom. The highest BCUT2D eigenvalue weighted by Crippen LogP contribution is 2.21. The second kappa shape index (κ2) is 6.92. The van der Waals surface area contributed by atoms with Gasteiger partial charge in [0.15, 0.2) is 5.78 Å². The average Bonchev–Trinajstić information content (AvgIpc) is 2.46. The smallest absolute Gasteiger partial charge is 0.173 e. The number of thioether (sulfide) groups is 1. The molecular formula is C16H15BrOS. The van der Waals surface area contributed by atoms with Crippen molar-refractivity contribution in [2.75, 3.05) is 5.75 Å². The third kappa shape index (κ3) is 4.22. The molecule has 2 aromatic rings. The van der Waals surface area contributed by atoms with E-state index in [1.54, 1.807) is 11.8 Å². The monoisotopic (exact) mass is 334 g/mol. The van der Waals surface area contributed by atoms with Crippen LogP contribution in [0.15, 0.2) is 57.9 Å². The average molecular weight is 335 g/mol. The largest absolute Gasteiger partial charge is 0.293 e. The Morgan fingerprint density at radius 1 is 1.05 bits per heavy atom. The van der Waals surface area contributed by atoms with E-state index < -0.39 is 0 Å². The fourth-order valence-electron chi connectivity index (χ4n) is 1.69. The summed E-state index contributed by atoms with van der Waals surface area (Å²) < 4.78 is 1.05. The molecule has 0 aliphatic carbocycles. The number of halogens is 1. The van der Waals surface area contributed by atoms with Crippen molar-refractivity contribution in [1.29, 1.82) is 0 Å². The first-order valence-corrected chi connectivity index (χ1v) is 7.97. The lowest BCUT2D eigenvalue weighted by Crippen LogP contribution is -2.02. The van der Waals surface area contributed by atoms with E-state index in [0.29, 0.717) is 5.75 Å². The molecule has 0 heterocycles. The molecule has 0 aliphatic heterocycles. The van der Waals surface area contributed by atoms with Gasteiger partial charge in [0.2, 0.25) is 0 Å². The van der Waals surface area contributed by atoms with E-state index in [0.717, 1.165) is 21.4 Å². The molecule has 0 spiro atoms. The van der Waals surface area contributed by atoms with Crippen LogP contribution in [-0.2, 0) is 6.42 Å². The molecule has 0 fully saturated rings. The lowest BCUT2D eigenvalue weighted by Gasteiger charge is -2.03. The Hall–Kier alpha value is -1.06. The van der Waals surface area contributed by atoms with Crippen molar-refractivity contribution in [3.05, 3.63) is 64.1 Å². The van der Waals surface area contributed by atoms with E-state index in [1.807, 2.05) is 48.5 Å². The van der Waals surface area contributed by atoms with Crippen molar-refractivity contribution in [1.82, 2.24) is 0 Å². The molecule has 1 nitrogen and oxygen atoms in total. The van der Waals surface area contributed by atoms with Crippen LogP contribution in [0.1, 0.15) is 22.8 Å². The lowest BCUT2D eigenvalue weighted by atomic mass is 10.1. The van der Waals surface area contributed by atoms with Crippen molar-refractivity contribution in [3.63, 3.8) is 0 Å². The first-order valence-electron chi connectivity index (χ1n) is 6.19. The highest BCUT2D eigenvalue weighted by atomic mass is 79.9. The summed E-state index contributed by atoms with van der Waals surface area (Å²) in [5, 5.41) is 0. The zero-order valence-corrected chi connectivity index (χ0v) is 13.1. The molecule has 0 unspecified atom stereocenters.